The van der Waals surface area contributed by atoms with E-state index in [4.69, 9.17) is 4.74 Å². The van der Waals surface area contributed by atoms with Crippen molar-refractivity contribution in [2.45, 2.75) is 89.7 Å². The minimum Gasteiger partial charge on any atom is -0.450 e. The molecule has 0 saturated heterocycles. The van der Waals surface area contributed by atoms with Gasteiger partial charge >= 0.3 is 5.97 Å². The van der Waals surface area contributed by atoms with E-state index >= 15 is 0 Å². The average molecular weight is 495 g/mol. The van der Waals surface area contributed by atoms with Crippen molar-refractivity contribution < 1.29 is 24.2 Å². The molecule has 0 amide bonds. The van der Waals surface area contributed by atoms with Crippen LogP contribution in [0.25, 0.3) is 0 Å². The van der Waals surface area contributed by atoms with E-state index in [-0.39, 0.29) is 40.7 Å². The number of aliphatic hydroxyl groups is 1. The molecule has 31 heavy (non-hydrogen) atoms. The first-order valence-electron chi connectivity index (χ1n) is 11.6. The second-order valence-corrected chi connectivity index (χ2v) is 12.5. The maximum atomic E-state index is 13.1. The van der Waals surface area contributed by atoms with Gasteiger partial charge in [0.2, 0.25) is 0 Å². The summed E-state index contributed by atoms with van der Waals surface area (Å²) >= 11 is 4.09. The summed E-state index contributed by atoms with van der Waals surface area (Å²) in [5.74, 6) is -0.0981. The Hall–Kier alpha value is -1.01. The predicted molar refractivity (Wildman–Crippen MR) is 121 cm³/mol. The molecule has 172 valence electrons. The Bertz CT molecular complexity index is 881. The average Bonchev–Trinajstić information content (AvgIpc) is 2.87. The van der Waals surface area contributed by atoms with E-state index in [2.05, 4.69) is 29.8 Å². The topological polar surface area (TPSA) is 80.7 Å². The Labute approximate surface area is 193 Å². The molecular formula is C25H35BrO5. The molecule has 0 heterocycles. The van der Waals surface area contributed by atoms with Gasteiger partial charge in [0.05, 0.1) is 10.4 Å². The van der Waals surface area contributed by atoms with Crippen LogP contribution in [-0.2, 0) is 19.1 Å². The fraction of sp³-hybridized carbons (Fsp3) is 0.800. The van der Waals surface area contributed by atoms with Gasteiger partial charge in [0.15, 0.2) is 17.2 Å². The Balaban J connectivity index is 1.88. The minimum absolute atomic E-state index is 0.103. The highest BCUT2D eigenvalue weighted by atomic mass is 79.9. The number of rotatable bonds is 2. The molecule has 0 aromatic heterocycles. The van der Waals surface area contributed by atoms with Crippen molar-refractivity contribution in [3.8, 4) is 0 Å². The Morgan fingerprint density at radius 1 is 1.16 bits per heavy atom. The molecule has 0 aromatic carbocycles. The van der Waals surface area contributed by atoms with E-state index in [1.807, 2.05) is 19.9 Å². The summed E-state index contributed by atoms with van der Waals surface area (Å²) in [6.45, 7) is 11.3. The lowest BCUT2D eigenvalue weighted by Crippen LogP contribution is -2.70. The number of halogens is 1. The number of hydrogen-bond donors (Lipinski definition) is 1. The third kappa shape index (κ3) is 2.67. The lowest BCUT2D eigenvalue weighted by atomic mass is 9.43. The number of fused-ring (bicyclic) bond motifs is 5. The summed E-state index contributed by atoms with van der Waals surface area (Å²) in [5.41, 5.74) is -1.06. The van der Waals surface area contributed by atoms with Crippen LogP contribution >= 0.6 is 15.9 Å². The first-order valence-corrected chi connectivity index (χ1v) is 12.4. The monoisotopic (exact) mass is 494 g/mol. The Kier molecular flexibility index (Phi) is 5.22. The molecule has 3 unspecified atom stereocenters. The van der Waals surface area contributed by atoms with Crippen LogP contribution in [0, 0.1) is 34.5 Å². The van der Waals surface area contributed by atoms with Crippen LogP contribution in [0.15, 0.2) is 11.6 Å². The summed E-state index contributed by atoms with van der Waals surface area (Å²) in [6, 6.07) is 0. The highest BCUT2D eigenvalue weighted by Crippen LogP contribution is 2.73. The maximum Gasteiger partial charge on any atom is 0.303 e. The molecule has 4 rings (SSSR count). The van der Waals surface area contributed by atoms with Crippen molar-refractivity contribution in [2.24, 2.45) is 34.5 Å². The van der Waals surface area contributed by atoms with Gasteiger partial charge in [0.25, 0.3) is 0 Å². The standard InChI is InChI=1S/C25H35BrO5/c1-13-9-20-19-10-14(2)25(15(3)27,31-16(4)28)23(19,6)12-21(30)24(20,26)22(5)8-7-17(29)11-18(13)22/h11,13-14,19-21,30H,7-10,12H2,1-6H3/t13?,14?,19-,20-,21?,22-,23-,24-,25-/m0/s1. The van der Waals surface area contributed by atoms with E-state index < -0.39 is 27.4 Å². The molecule has 0 radical (unpaired) electrons. The molecule has 0 aromatic rings. The van der Waals surface area contributed by atoms with Crippen molar-refractivity contribution >= 4 is 33.5 Å². The quantitative estimate of drug-likeness (QED) is 0.454. The molecule has 0 aliphatic heterocycles. The molecule has 6 heteroatoms. The Morgan fingerprint density at radius 3 is 2.39 bits per heavy atom. The van der Waals surface area contributed by atoms with Gasteiger partial charge in [0.1, 0.15) is 0 Å². The number of ether oxygens (including phenoxy) is 1. The minimum atomic E-state index is -1.22. The molecule has 5 nitrogen and oxygen atoms in total. The highest BCUT2D eigenvalue weighted by molar-refractivity contribution is 9.10. The van der Waals surface area contributed by atoms with Gasteiger partial charge in [-0.1, -0.05) is 49.2 Å². The highest BCUT2D eigenvalue weighted by Gasteiger charge is 2.76. The first kappa shape index (κ1) is 23.2. The Morgan fingerprint density at radius 2 is 1.81 bits per heavy atom. The summed E-state index contributed by atoms with van der Waals surface area (Å²) in [7, 11) is 0. The van der Waals surface area contributed by atoms with E-state index in [1.54, 1.807) is 0 Å². The first-order chi connectivity index (χ1) is 14.3. The normalized spacial score (nSPS) is 51.3. The number of hydrogen-bond acceptors (Lipinski definition) is 5. The van der Waals surface area contributed by atoms with Crippen LogP contribution in [-0.4, -0.2) is 38.7 Å². The summed E-state index contributed by atoms with van der Waals surface area (Å²) in [4.78, 5) is 37.5. The molecule has 1 N–H and O–H groups in total. The predicted octanol–water partition coefficient (Wildman–Crippen LogP) is 4.39. The van der Waals surface area contributed by atoms with Crippen LogP contribution in [0.3, 0.4) is 0 Å². The molecule has 4 aliphatic rings. The number of alkyl halides is 1. The lowest BCUT2D eigenvalue weighted by molar-refractivity contribution is -0.200. The number of carbonyl (C=O) groups excluding carboxylic acids is 3. The molecule has 0 spiro atoms. The van der Waals surface area contributed by atoms with Crippen LogP contribution in [0.5, 0.6) is 0 Å². The molecule has 0 bridgehead atoms. The third-order valence-corrected chi connectivity index (χ3v) is 11.7. The van der Waals surface area contributed by atoms with Gasteiger partial charge in [-0.25, -0.2) is 0 Å². The molecular weight excluding hydrogens is 460 g/mol. The number of ketones is 2. The van der Waals surface area contributed by atoms with Gasteiger partial charge in [-0.3, -0.25) is 14.4 Å². The third-order valence-electron chi connectivity index (χ3n) is 9.73. The zero-order valence-electron chi connectivity index (χ0n) is 19.5. The van der Waals surface area contributed by atoms with Crippen molar-refractivity contribution in [1.29, 1.82) is 0 Å². The summed E-state index contributed by atoms with van der Waals surface area (Å²) < 4.78 is 5.33. The fourth-order valence-corrected chi connectivity index (χ4v) is 9.65. The van der Waals surface area contributed by atoms with Gasteiger partial charge in [0, 0.05) is 30.1 Å². The van der Waals surface area contributed by atoms with Crippen molar-refractivity contribution in [1.82, 2.24) is 0 Å². The lowest BCUT2D eigenvalue weighted by Gasteiger charge is -2.66. The van der Waals surface area contributed by atoms with E-state index in [0.29, 0.717) is 19.3 Å². The van der Waals surface area contributed by atoms with Gasteiger partial charge in [-0.15, -0.1) is 0 Å². The van der Waals surface area contributed by atoms with Gasteiger partial charge in [-0.2, -0.15) is 0 Å². The number of Topliss-reactive ketones (excluding diaryl/α,β-unsaturated/α-hetero) is 1. The second-order valence-electron chi connectivity index (χ2n) is 11.2. The molecule has 3 fully saturated rings. The molecule has 9 atom stereocenters. The second kappa shape index (κ2) is 6.99. The SMILES string of the molecule is CC(=O)O[C@]1(C(C)=O)C(C)C[C@H]2[C@@H]3CC(C)C4=CC(=O)CC[C@]4(C)[C@@]3(Br)C(O)C[C@@]21C. The summed E-state index contributed by atoms with van der Waals surface area (Å²) in [5, 5.41) is 11.8. The fourth-order valence-electron chi connectivity index (χ4n) is 8.55. The van der Waals surface area contributed by atoms with Gasteiger partial charge in [-0.05, 0) is 56.4 Å². The van der Waals surface area contributed by atoms with Crippen LogP contribution < -0.4 is 0 Å². The summed E-state index contributed by atoms with van der Waals surface area (Å²) in [6.07, 6.45) is 4.27. The number of aliphatic hydroxyl groups excluding tert-OH is 1. The van der Waals surface area contributed by atoms with Crippen molar-refractivity contribution in [2.75, 3.05) is 0 Å². The van der Waals surface area contributed by atoms with E-state index in [0.717, 1.165) is 18.4 Å². The number of allylic oxidation sites excluding steroid dienone is 1. The largest absolute Gasteiger partial charge is 0.450 e. The van der Waals surface area contributed by atoms with Crippen LogP contribution in [0.2, 0.25) is 0 Å². The van der Waals surface area contributed by atoms with Crippen molar-refractivity contribution in [3.63, 3.8) is 0 Å². The number of esters is 1. The van der Waals surface area contributed by atoms with Crippen LogP contribution in [0.4, 0.5) is 0 Å². The van der Waals surface area contributed by atoms with E-state index in [9.17, 15) is 19.5 Å². The van der Waals surface area contributed by atoms with Crippen LogP contribution in [0.1, 0.15) is 73.6 Å². The zero-order chi connectivity index (χ0) is 23.1. The maximum absolute atomic E-state index is 13.1. The molecule has 3 saturated carbocycles. The van der Waals surface area contributed by atoms with E-state index in [1.165, 1.54) is 13.8 Å². The smallest absolute Gasteiger partial charge is 0.303 e. The van der Waals surface area contributed by atoms with Crippen molar-refractivity contribution in [3.05, 3.63) is 11.6 Å². The zero-order valence-corrected chi connectivity index (χ0v) is 21.0. The molecule has 4 aliphatic carbocycles. The number of carbonyl (C=O) groups is 3. The van der Waals surface area contributed by atoms with Gasteiger partial charge < -0.3 is 9.84 Å².